The highest BCUT2D eigenvalue weighted by Crippen LogP contribution is 2.36. The van der Waals surface area contributed by atoms with E-state index in [1.807, 2.05) is 6.07 Å². The van der Waals surface area contributed by atoms with Gasteiger partial charge in [-0.1, -0.05) is 12.1 Å². The van der Waals surface area contributed by atoms with Gasteiger partial charge in [-0.25, -0.2) is 0 Å². The molecule has 0 saturated heterocycles. The quantitative estimate of drug-likeness (QED) is 0.806. The largest absolute Gasteiger partial charge is 0.326 e. The van der Waals surface area contributed by atoms with Gasteiger partial charge in [-0.15, -0.1) is 0 Å². The van der Waals surface area contributed by atoms with Crippen LogP contribution in [-0.4, -0.2) is 11.4 Å². The Bertz CT molecular complexity index is 449. The Balaban J connectivity index is 1.72. The first kappa shape index (κ1) is 9.85. The second kappa shape index (κ2) is 3.32. The number of aryl methyl sites for hydroxylation is 1. The molecule has 0 atom stereocenters. The van der Waals surface area contributed by atoms with Crippen molar-refractivity contribution >= 4 is 11.6 Å². The molecule has 0 aromatic heterocycles. The van der Waals surface area contributed by atoms with Gasteiger partial charge in [0.15, 0.2) is 0 Å². The SMILES string of the molecule is NC1(CCc2ccc3c(c2)CC(=O)N3)CC1. The van der Waals surface area contributed by atoms with Gasteiger partial charge in [-0.05, 0) is 42.9 Å². The summed E-state index contributed by atoms with van der Waals surface area (Å²) in [5, 5.41) is 2.85. The van der Waals surface area contributed by atoms with Crippen LogP contribution in [0, 0.1) is 0 Å². The summed E-state index contributed by atoms with van der Waals surface area (Å²) >= 11 is 0. The minimum atomic E-state index is 0.102. The maximum Gasteiger partial charge on any atom is 0.228 e. The van der Waals surface area contributed by atoms with E-state index in [2.05, 4.69) is 17.4 Å². The monoisotopic (exact) mass is 216 g/mol. The maximum atomic E-state index is 11.2. The van der Waals surface area contributed by atoms with E-state index in [0.29, 0.717) is 6.42 Å². The zero-order valence-electron chi connectivity index (χ0n) is 9.25. The summed E-state index contributed by atoms with van der Waals surface area (Å²) in [5.74, 6) is 0.102. The Morgan fingerprint density at radius 3 is 2.94 bits per heavy atom. The molecule has 1 saturated carbocycles. The van der Waals surface area contributed by atoms with E-state index in [1.165, 1.54) is 5.56 Å². The van der Waals surface area contributed by atoms with Crippen LogP contribution in [0.3, 0.4) is 0 Å². The second-order valence-corrected chi connectivity index (χ2v) is 5.08. The minimum absolute atomic E-state index is 0.102. The third-order valence-electron chi connectivity index (χ3n) is 3.60. The van der Waals surface area contributed by atoms with Crippen molar-refractivity contribution in [1.82, 2.24) is 0 Å². The van der Waals surface area contributed by atoms with Crippen LogP contribution in [0.2, 0.25) is 0 Å². The molecule has 84 valence electrons. The Morgan fingerprint density at radius 1 is 1.38 bits per heavy atom. The summed E-state index contributed by atoms with van der Waals surface area (Å²) in [6.07, 6.45) is 4.94. The van der Waals surface area contributed by atoms with Crippen molar-refractivity contribution in [1.29, 1.82) is 0 Å². The molecule has 0 spiro atoms. The fourth-order valence-corrected chi connectivity index (χ4v) is 2.24. The fraction of sp³-hybridized carbons (Fsp3) is 0.462. The molecule has 1 fully saturated rings. The Labute approximate surface area is 95.0 Å². The minimum Gasteiger partial charge on any atom is -0.326 e. The first-order valence-electron chi connectivity index (χ1n) is 5.85. The highest BCUT2D eigenvalue weighted by Gasteiger charge is 2.37. The molecular weight excluding hydrogens is 200 g/mol. The van der Waals surface area contributed by atoms with Crippen LogP contribution in [0.1, 0.15) is 30.4 Å². The molecule has 16 heavy (non-hydrogen) atoms. The standard InChI is InChI=1S/C13H16N2O/c14-13(5-6-13)4-3-9-1-2-11-10(7-9)8-12(16)15-11/h1-2,7H,3-6,8,14H2,(H,15,16). The van der Waals surface area contributed by atoms with E-state index < -0.39 is 0 Å². The van der Waals surface area contributed by atoms with Crippen LogP contribution < -0.4 is 11.1 Å². The molecule has 2 aliphatic rings. The second-order valence-electron chi connectivity index (χ2n) is 5.08. The summed E-state index contributed by atoms with van der Waals surface area (Å²) in [6.45, 7) is 0. The van der Waals surface area contributed by atoms with Crippen molar-refractivity contribution < 1.29 is 4.79 Å². The van der Waals surface area contributed by atoms with Crippen molar-refractivity contribution in [2.45, 2.75) is 37.6 Å². The summed E-state index contributed by atoms with van der Waals surface area (Å²) in [7, 11) is 0. The van der Waals surface area contributed by atoms with Crippen LogP contribution in [0.5, 0.6) is 0 Å². The molecule has 0 bridgehead atoms. The maximum absolute atomic E-state index is 11.2. The molecule has 0 unspecified atom stereocenters. The zero-order valence-corrected chi connectivity index (χ0v) is 9.25. The topological polar surface area (TPSA) is 55.1 Å². The number of fused-ring (bicyclic) bond motifs is 1. The number of rotatable bonds is 3. The smallest absolute Gasteiger partial charge is 0.228 e. The number of hydrogen-bond acceptors (Lipinski definition) is 2. The number of nitrogens with two attached hydrogens (primary N) is 1. The van der Waals surface area contributed by atoms with Gasteiger partial charge in [-0.3, -0.25) is 4.79 Å². The molecule has 0 radical (unpaired) electrons. The average molecular weight is 216 g/mol. The number of carbonyl (C=O) groups excluding carboxylic acids is 1. The molecule has 3 rings (SSSR count). The lowest BCUT2D eigenvalue weighted by Crippen LogP contribution is -2.22. The van der Waals surface area contributed by atoms with Crippen LogP contribution in [0.4, 0.5) is 5.69 Å². The van der Waals surface area contributed by atoms with Crippen molar-refractivity contribution in [3.63, 3.8) is 0 Å². The van der Waals surface area contributed by atoms with Gasteiger partial charge in [0.05, 0.1) is 6.42 Å². The van der Waals surface area contributed by atoms with Crippen LogP contribution in [0.15, 0.2) is 18.2 Å². The highest BCUT2D eigenvalue weighted by atomic mass is 16.1. The molecule has 3 heteroatoms. The number of hydrogen-bond donors (Lipinski definition) is 2. The molecule has 1 aromatic rings. The first-order chi connectivity index (χ1) is 7.65. The van der Waals surface area contributed by atoms with Crippen LogP contribution in [0.25, 0.3) is 0 Å². The Kier molecular flexibility index (Phi) is 2.04. The predicted molar refractivity (Wildman–Crippen MR) is 63.2 cm³/mol. The molecule has 1 heterocycles. The summed E-state index contributed by atoms with van der Waals surface area (Å²) in [6, 6.07) is 6.24. The van der Waals surface area contributed by atoms with Gasteiger partial charge < -0.3 is 11.1 Å². The zero-order chi connectivity index (χ0) is 11.2. The van der Waals surface area contributed by atoms with Crippen molar-refractivity contribution in [2.24, 2.45) is 5.73 Å². The number of anilines is 1. The van der Waals surface area contributed by atoms with E-state index in [0.717, 1.165) is 36.9 Å². The molecular formula is C13H16N2O. The Hall–Kier alpha value is -1.35. The van der Waals surface area contributed by atoms with Gasteiger partial charge in [0.25, 0.3) is 0 Å². The molecule has 1 aliphatic carbocycles. The summed E-state index contributed by atoms with van der Waals surface area (Å²) in [5.41, 5.74) is 9.58. The lowest BCUT2D eigenvalue weighted by molar-refractivity contribution is -0.115. The van der Waals surface area contributed by atoms with E-state index in [4.69, 9.17) is 5.73 Å². The third kappa shape index (κ3) is 1.83. The number of benzene rings is 1. The fourth-order valence-electron chi connectivity index (χ4n) is 2.24. The van der Waals surface area contributed by atoms with Gasteiger partial charge in [-0.2, -0.15) is 0 Å². The number of carbonyl (C=O) groups is 1. The lowest BCUT2D eigenvalue weighted by atomic mass is 10.0. The van der Waals surface area contributed by atoms with E-state index >= 15 is 0 Å². The highest BCUT2D eigenvalue weighted by molar-refractivity contribution is 5.99. The van der Waals surface area contributed by atoms with Crippen LogP contribution in [-0.2, 0) is 17.6 Å². The molecule has 3 nitrogen and oxygen atoms in total. The van der Waals surface area contributed by atoms with Gasteiger partial charge in [0.2, 0.25) is 5.91 Å². The number of nitrogens with one attached hydrogen (secondary N) is 1. The van der Waals surface area contributed by atoms with E-state index in [9.17, 15) is 4.79 Å². The third-order valence-corrected chi connectivity index (χ3v) is 3.60. The van der Waals surface area contributed by atoms with Gasteiger partial charge in [0, 0.05) is 11.2 Å². The molecule has 1 aromatic carbocycles. The van der Waals surface area contributed by atoms with E-state index in [1.54, 1.807) is 0 Å². The van der Waals surface area contributed by atoms with Crippen molar-refractivity contribution in [2.75, 3.05) is 5.32 Å². The van der Waals surface area contributed by atoms with Gasteiger partial charge >= 0.3 is 0 Å². The lowest BCUT2D eigenvalue weighted by Gasteiger charge is -2.09. The molecule has 1 aliphatic heterocycles. The summed E-state index contributed by atoms with van der Waals surface area (Å²) in [4.78, 5) is 11.2. The number of amides is 1. The Morgan fingerprint density at radius 2 is 2.19 bits per heavy atom. The van der Waals surface area contributed by atoms with Crippen molar-refractivity contribution in [3.8, 4) is 0 Å². The predicted octanol–water partition coefficient (Wildman–Crippen LogP) is 1.61. The van der Waals surface area contributed by atoms with Gasteiger partial charge in [0.1, 0.15) is 0 Å². The normalized spacial score (nSPS) is 20.4. The molecule has 3 N–H and O–H groups in total. The average Bonchev–Trinajstić information content (AvgIpc) is 2.87. The van der Waals surface area contributed by atoms with E-state index in [-0.39, 0.29) is 11.4 Å². The molecule has 1 amide bonds. The van der Waals surface area contributed by atoms with Crippen molar-refractivity contribution in [3.05, 3.63) is 29.3 Å². The summed E-state index contributed by atoms with van der Waals surface area (Å²) < 4.78 is 0. The van der Waals surface area contributed by atoms with Crippen LogP contribution >= 0.6 is 0 Å². The first-order valence-corrected chi connectivity index (χ1v) is 5.85.